The van der Waals surface area contributed by atoms with Gasteiger partial charge in [0.05, 0.1) is 34.7 Å². The minimum atomic E-state index is -0.387. The lowest BCUT2D eigenvalue weighted by Gasteiger charge is -2.15. The molecule has 0 radical (unpaired) electrons. The van der Waals surface area contributed by atoms with Gasteiger partial charge in [-0.25, -0.2) is 4.79 Å². The Morgan fingerprint density at radius 1 is 1.16 bits per heavy atom. The average Bonchev–Trinajstić information content (AvgIpc) is 3.36. The summed E-state index contributed by atoms with van der Waals surface area (Å²) in [7, 11) is 0. The molecule has 0 aliphatic carbocycles. The number of rotatable bonds is 7. The van der Waals surface area contributed by atoms with Gasteiger partial charge in [-0.05, 0) is 44.5 Å². The topological polar surface area (TPSA) is 98.7 Å². The first-order valence-corrected chi connectivity index (χ1v) is 10.9. The van der Waals surface area contributed by atoms with E-state index in [4.69, 9.17) is 9.15 Å². The predicted octanol–water partition coefficient (Wildman–Crippen LogP) is 4.47. The number of thioether (sulfide) groups is 1. The zero-order valence-corrected chi connectivity index (χ0v) is 18.2. The molecule has 9 heteroatoms. The van der Waals surface area contributed by atoms with E-state index in [9.17, 15) is 9.59 Å². The maximum Gasteiger partial charge on any atom is 0.338 e. The van der Waals surface area contributed by atoms with Crippen LogP contribution in [0, 0.1) is 6.92 Å². The van der Waals surface area contributed by atoms with Crippen LogP contribution in [0.4, 0.5) is 5.69 Å². The minimum absolute atomic E-state index is 0.146. The third kappa shape index (κ3) is 4.13. The number of hydrogen-bond acceptors (Lipinski definition) is 7. The van der Waals surface area contributed by atoms with E-state index < -0.39 is 0 Å². The van der Waals surface area contributed by atoms with Gasteiger partial charge in [0.2, 0.25) is 5.91 Å². The Hall–Kier alpha value is -3.33. The average molecular weight is 439 g/mol. The molecule has 4 aromatic rings. The van der Waals surface area contributed by atoms with E-state index in [1.165, 1.54) is 11.8 Å². The van der Waals surface area contributed by atoms with Gasteiger partial charge in [-0.3, -0.25) is 9.20 Å². The van der Waals surface area contributed by atoms with E-state index in [0.29, 0.717) is 29.3 Å². The number of carbonyl (C=O) groups excluding carboxylic acids is 2. The van der Waals surface area contributed by atoms with Crippen LogP contribution in [0.15, 0.2) is 52.1 Å². The summed E-state index contributed by atoms with van der Waals surface area (Å²) in [5.41, 5.74) is 3.58. The second-order valence-electron chi connectivity index (χ2n) is 6.89. The Balaban J connectivity index is 1.52. The van der Waals surface area contributed by atoms with Crippen LogP contribution < -0.4 is 5.32 Å². The van der Waals surface area contributed by atoms with Gasteiger partial charge in [0, 0.05) is 17.8 Å². The summed E-state index contributed by atoms with van der Waals surface area (Å²) < 4.78 is 12.5. The molecule has 0 aliphatic heterocycles. The van der Waals surface area contributed by atoms with Gasteiger partial charge in [-0.2, -0.15) is 0 Å². The Bertz CT molecular complexity index is 1250. The van der Waals surface area contributed by atoms with Crippen molar-refractivity contribution in [1.82, 2.24) is 14.6 Å². The summed E-state index contributed by atoms with van der Waals surface area (Å²) in [4.78, 5) is 24.7. The summed E-state index contributed by atoms with van der Waals surface area (Å²) in [5.74, 6) is 0.212. The van der Waals surface area contributed by atoms with Crippen molar-refractivity contribution in [3.63, 3.8) is 0 Å². The van der Waals surface area contributed by atoms with E-state index in [1.54, 1.807) is 37.5 Å². The monoisotopic (exact) mass is 438 g/mol. The second kappa shape index (κ2) is 8.81. The molecule has 1 amide bonds. The molecule has 0 saturated carbocycles. The largest absolute Gasteiger partial charge is 0.463 e. The highest BCUT2D eigenvalue weighted by Crippen LogP contribution is 2.32. The number of nitrogens with one attached hydrogen (secondary N) is 1. The van der Waals surface area contributed by atoms with Gasteiger partial charge in [0.1, 0.15) is 10.9 Å². The first kappa shape index (κ1) is 20.9. The molecule has 0 aliphatic rings. The summed E-state index contributed by atoms with van der Waals surface area (Å²) in [6.07, 6.45) is 2.25. The molecule has 3 heterocycles. The Labute approximate surface area is 183 Å². The van der Waals surface area contributed by atoms with Gasteiger partial charge in [0.25, 0.3) is 0 Å². The number of aryl methyl sites for hydroxylation is 1. The third-order valence-corrected chi connectivity index (χ3v) is 6.18. The van der Waals surface area contributed by atoms with Crippen LogP contribution >= 0.6 is 11.8 Å². The number of aromatic nitrogens is 3. The van der Waals surface area contributed by atoms with Crippen LogP contribution in [-0.2, 0) is 9.53 Å². The van der Waals surface area contributed by atoms with Crippen molar-refractivity contribution in [2.75, 3.05) is 11.9 Å². The molecule has 0 unspecified atom stereocenters. The van der Waals surface area contributed by atoms with Gasteiger partial charge in [-0.15, -0.1) is 10.2 Å². The summed E-state index contributed by atoms with van der Waals surface area (Å²) in [6, 6.07) is 10.4. The van der Waals surface area contributed by atoms with Crippen LogP contribution in [0.5, 0.6) is 0 Å². The highest BCUT2D eigenvalue weighted by atomic mass is 32.2. The molecule has 8 nitrogen and oxygen atoms in total. The number of fused-ring (bicyclic) bond motifs is 3. The number of benzene rings is 1. The fourth-order valence-corrected chi connectivity index (χ4v) is 4.27. The van der Waals surface area contributed by atoms with Crippen molar-refractivity contribution >= 4 is 45.9 Å². The molecule has 3 aromatic heterocycles. The van der Waals surface area contributed by atoms with E-state index in [0.717, 1.165) is 22.4 Å². The van der Waals surface area contributed by atoms with Gasteiger partial charge in [0.15, 0.2) is 5.58 Å². The van der Waals surface area contributed by atoms with Gasteiger partial charge in [-0.1, -0.05) is 18.7 Å². The van der Waals surface area contributed by atoms with Crippen LogP contribution in [0.25, 0.3) is 16.6 Å². The van der Waals surface area contributed by atoms with E-state index >= 15 is 0 Å². The molecule has 0 bridgehead atoms. The van der Waals surface area contributed by atoms with Crippen molar-refractivity contribution in [2.24, 2.45) is 0 Å². The number of nitrogens with zero attached hydrogens (tertiary/aromatic N) is 3. The lowest BCUT2D eigenvalue weighted by molar-refractivity contribution is -0.115. The van der Waals surface area contributed by atoms with Crippen molar-refractivity contribution in [2.45, 2.75) is 37.5 Å². The van der Waals surface area contributed by atoms with E-state index in [2.05, 4.69) is 15.5 Å². The fourth-order valence-electron chi connectivity index (χ4n) is 3.31. The molecule has 0 saturated heterocycles. The Morgan fingerprint density at radius 2 is 1.94 bits per heavy atom. The highest BCUT2D eigenvalue weighted by Gasteiger charge is 2.22. The quantitative estimate of drug-likeness (QED) is 0.336. The third-order valence-electron chi connectivity index (χ3n) is 4.83. The molecular weight excluding hydrogens is 416 g/mol. The zero-order chi connectivity index (χ0) is 22.0. The van der Waals surface area contributed by atoms with Crippen LogP contribution in [0.1, 0.15) is 36.5 Å². The van der Waals surface area contributed by atoms with Crippen molar-refractivity contribution in [1.29, 1.82) is 0 Å². The summed E-state index contributed by atoms with van der Waals surface area (Å²) >= 11 is 1.37. The van der Waals surface area contributed by atoms with Crippen LogP contribution in [0.3, 0.4) is 0 Å². The molecule has 31 heavy (non-hydrogen) atoms. The van der Waals surface area contributed by atoms with Gasteiger partial charge >= 0.3 is 5.97 Å². The number of ether oxygens (including phenoxy) is 1. The number of furan rings is 1. The maximum atomic E-state index is 12.9. The zero-order valence-electron chi connectivity index (χ0n) is 17.4. The van der Waals surface area contributed by atoms with Crippen LogP contribution in [0.2, 0.25) is 0 Å². The number of esters is 1. The smallest absolute Gasteiger partial charge is 0.338 e. The molecule has 0 spiro atoms. The lowest BCUT2D eigenvalue weighted by Crippen LogP contribution is -2.25. The van der Waals surface area contributed by atoms with Gasteiger partial charge < -0.3 is 14.5 Å². The molecule has 1 N–H and O–H groups in total. The molecule has 1 aromatic carbocycles. The Morgan fingerprint density at radius 3 is 2.65 bits per heavy atom. The number of hydrogen-bond donors (Lipinski definition) is 1. The van der Waals surface area contributed by atoms with Crippen molar-refractivity contribution in [3.05, 3.63) is 54.0 Å². The first-order chi connectivity index (χ1) is 15.0. The number of carbonyl (C=O) groups is 2. The van der Waals surface area contributed by atoms with Crippen LogP contribution in [-0.4, -0.2) is 38.3 Å². The lowest BCUT2D eigenvalue weighted by atomic mass is 10.2. The van der Waals surface area contributed by atoms with Crippen molar-refractivity contribution < 1.29 is 18.7 Å². The second-order valence-corrected chi connectivity index (χ2v) is 8.08. The molecule has 0 fully saturated rings. The fraction of sp³-hybridized carbons (Fsp3) is 0.273. The Kier molecular flexibility index (Phi) is 5.94. The molecule has 160 valence electrons. The molecule has 1 atom stereocenters. The van der Waals surface area contributed by atoms with E-state index in [1.807, 2.05) is 30.4 Å². The summed E-state index contributed by atoms with van der Waals surface area (Å²) in [6.45, 7) is 5.90. The van der Waals surface area contributed by atoms with Crippen molar-refractivity contribution in [3.8, 4) is 0 Å². The molecule has 4 rings (SSSR count). The molecular formula is C22H22N4O4S. The first-order valence-electron chi connectivity index (χ1n) is 9.98. The maximum absolute atomic E-state index is 12.9. The number of amides is 1. The normalized spacial score (nSPS) is 12.2. The standard InChI is InChI=1S/C22H22N4O4S/c1-4-19(20(27)23-15-8-6-14(7-9-15)22(28)29-5-2)31-21-17-12-18-16(10-11-30-18)26(17)13(3)24-25-21/h6-12,19H,4-5H2,1-3H3,(H,23,27)/t19-/m1/s1. The minimum Gasteiger partial charge on any atom is -0.463 e. The highest BCUT2D eigenvalue weighted by molar-refractivity contribution is 8.00. The summed E-state index contributed by atoms with van der Waals surface area (Å²) in [5, 5.41) is 11.8. The number of anilines is 1. The SMILES string of the molecule is CCOC(=O)c1ccc(NC(=O)[C@@H](CC)Sc2nnc(C)n3c2cc2occc23)cc1. The predicted molar refractivity (Wildman–Crippen MR) is 118 cm³/mol. The van der Waals surface area contributed by atoms with E-state index in [-0.39, 0.29) is 17.1 Å².